The number of carbonyl (C=O) groups excluding carboxylic acids is 3. The lowest BCUT2D eigenvalue weighted by Crippen LogP contribution is -2.54. The summed E-state index contributed by atoms with van der Waals surface area (Å²) in [5.41, 5.74) is 0.655. The van der Waals surface area contributed by atoms with Gasteiger partial charge in [0.1, 0.15) is 11.8 Å². The Morgan fingerprint density at radius 1 is 1.13 bits per heavy atom. The van der Waals surface area contributed by atoms with Gasteiger partial charge in [-0.25, -0.2) is 0 Å². The molecule has 0 saturated carbocycles. The number of halogens is 1. The van der Waals surface area contributed by atoms with E-state index in [4.69, 9.17) is 4.74 Å². The fourth-order valence-electron chi connectivity index (χ4n) is 6.25. The molecule has 3 unspecified atom stereocenters. The number of ether oxygens (including phenoxy) is 1. The number of alkyl halides is 1. The predicted molar refractivity (Wildman–Crippen MR) is 154 cm³/mol. The fraction of sp³-hybridized carbons (Fsp3) is 0.679. The van der Waals surface area contributed by atoms with Crippen LogP contribution in [-0.4, -0.2) is 74.9 Å². The van der Waals surface area contributed by atoms with Gasteiger partial charge in [0.15, 0.2) is 0 Å². The van der Waals surface area contributed by atoms with Crippen molar-refractivity contribution < 1.29 is 24.2 Å². The van der Waals surface area contributed by atoms with Crippen molar-refractivity contribution in [2.24, 2.45) is 11.8 Å². The van der Waals surface area contributed by atoms with Crippen molar-refractivity contribution in [2.45, 2.75) is 79.7 Å². The highest BCUT2D eigenvalue weighted by Crippen LogP contribution is 2.67. The maximum absolute atomic E-state index is 14.0. The van der Waals surface area contributed by atoms with Crippen LogP contribution in [-0.2, 0) is 14.4 Å². The van der Waals surface area contributed by atoms with Crippen LogP contribution >= 0.6 is 27.7 Å². The number of benzene rings is 1. The molecule has 3 heterocycles. The third kappa shape index (κ3) is 5.72. The number of aliphatic hydroxyl groups excluding tert-OH is 1. The maximum Gasteiger partial charge on any atom is 0.244 e. The summed E-state index contributed by atoms with van der Waals surface area (Å²) in [4.78, 5) is 43.1. The van der Waals surface area contributed by atoms with E-state index in [0.717, 1.165) is 31.4 Å². The molecule has 0 radical (unpaired) electrons. The van der Waals surface area contributed by atoms with Crippen LogP contribution in [0.5, 0.6) is 5.75 Å². The van der Waals surface area contributed by atoms with Crippen molar-refractivity contribution >= 4 is 51.1 Å². The van der Waals surface area contributed by atoms with E-state index in [1.54, 1.807) is 28.8 Å². The van der Waals surface area contributed by atoms with Gasteiger partial charge in [0, 0.05) is 35.5 Å². The lowest BCUT2D eigenvalue weighted by Gasteiger charge is -2.35. The number of aliphatic hydroxyl groups is 1. The molecule has 3 N–H and O–H groups in total. The van der Waals surface area contributed by atoms with Crippen LogP contribution in [0, 0.1) is 11.8 Å². The first kappa shape index (κ1) is 29.2. The number of amides is 3. The highest BCUT2D eigenvalue weighted by atomic mass is 79.9. The lowest BCUT2D eigenvalue weighted by atomic mass is 9.70. The van der Waals surface area contributed by atoms with E-state index in [1.807, 2.05) is 19.1 Å². The van der Waals surface area contributed by atoms with Gasteiger partial charge in [-0.05, 0) is 63.3 Å². The molecule has 1 spiro atoms. The van der Waals surface area contributed by atoms with E-state index < -0.39 is 22.6 Å². The predicted octanol–water partition coefficient (Wildman–Crippen LogP) is 3.96. The molecule has 10 heteroatoms. The second-order valence-electron chi connectivity index (χ2n) is 10.4. The van der Waals surface area contributed by atoms with Crippen molar-refractivity contribution in [1.82, 2.24) is 10.2 Å². The van der Waals surface area contributed by atoms with Gasteiger partial charge in [0.05, 0.1) is 23.2 Å². The fourth-order valence-corrected chi connectivity index (χ4v) is 9.86. The number of nitrogens with zero attached hydrogens (tertiary/aromatic N) is 1. The zero-order valence-electron chi connectivity index (χ0n) is 22.3. The molecule has 3 amide bonds. The Labute approximate surface area is 238 Å². The second-order valence-corrected chi connectivity index (χ2v) is 13.1. The van der Waals surface area contributed by atoms with E-state index in [0.29, 0.717) is 44.6 Å². The minimum atomic E-state index is -0.636. The van der Waals surface area contributed by atoms with Gasteiger partial charge in [0.25, 0.3) is 0 Å². The molecule has 38 heavy (non-hydrogen) atoms. The number of hydrogen-bond donors (Lipinski definition) is 3. The first-order valence-corrected chi connectivity index (χ1v) is 15.7. The Balaban J connectivity index is 1.57. The molecule has 3 saturated heterocycles. The molecule has 8 nitrogen and oxygen atoms in total. The average Bonchev–Trinajstić information content (AvgIpc) is 3.49. The summed E-state index contributed by atoms with van der Waals surface area (Å²) in [5.74, 6) is -0.729. The van der Waals surface area contributed by atoms with Crippen molar-refractivity contribution in [3.63, 3.8) is 0 Å². The van der Waals surface area contributed by atoms with Crippen LogP contribution in [0.4, 0.5) is 5.69 Å². The molecule has 3 aliphatic rings. The van der Waals surface area contributed by atoms with Crippen LogP contribution in [0.15, 0.2) is 24.3 Å². The molecule has 0 aliphatic carbocycles. The molecule has 2 bridgehead atoms. The van der Waals surface area contributed by atoms with Crippen LogP contribution in [0.2, 0.25) is 0 Å². The van der Waals surface area contributed by atoms with E-state index >= 15 is 0 Å². The SMILES string of the molecule is CCCCCNC(=O)C1N(CCCCCO)C(=O)[C@@H]2[C@@H](C(=O)Nc3ccc(OCC)cc3)[C@@H]3SC12CC3Br. The summed E-state index contributed by atoms with van der Waals surface area (Å²) in [7, 11) is 0. The number of likely N-dealkylation sites (tertiary alicyclic amines) is 1. The van der Waals surface area contributed by atoms with Crippen LogP contribution < -0.4 is 15.4 Å². The number of thioether (sulfide) groups is 1. The van der Waals surface area contributed by atoms with Gasteiger partial charge in [-0.1, -0.05) is 35.7 Å². The highest BCUT2D eigenvalue weighted by Gasteiger charge is 2.75. The monoisotopic (exact) mass is 609 g/mol. The van der Waals surface area contributed by atoms with Gasteiger partial charge >= 0.3 is 0 Å². The van der Waals surface area contributed by atoms with E-state index in [1.165, 1.54) is 0 Å². The summed E-state index contributed by atoms with van der Waals surface area (Å²) in [6, 6.07) is 6.64. The smallest absolute Gasteiger partial charge is 0.244 e. The molecule has 4 rings (SSSR count). The van der Waals surface area contributed by atoms with Gasteiger partial charge < -0.3 is 25.4 Å². The van der Waals surface area contributed by atoms with Gasteiger partial charge in [-0.2, -0.15) is 0 Å². The van der Waals surface area contributed by atoms with Crippen LogP contribution in [0.25, 0.3) is 0 Å². The maximum atomic E-state index is 14.0. The van der Waals surface area contributed by atoms with Gasteiger partial charge in [0.2, 0.25) is 17.7 Å². The Kier molecular flexibility index (Phi) is 10.0. The minimum absolute atomic E-state index is 0.0392. The van der Waals surface area contributed by atoms with Crippen LogP contribution in [0.1, 0.15) is 58.8 Å². The number of carbonyl (C=O) groups is 3. The van der Waals surface area contributed by atoms with Gasteiger partial charge in [-0.3, -0.25) is 14.4 Å². The topological polar surface area (TPSA) is 108 Å². The zero-order valence-corrected chi connectivity index (χ0v) is 24.7. The normalized spacial score (nSPS) is 29.4. The standard InChI is InChI=1S/C28H40BrN3O5S/c1-3-5-7-14-30-26(35)24-28-17-20(29)23(38-28)21(22(28)27(36)32(24)15-8-6-9-16-33)25(34)31-18-10-12-19(13-11-18)37-4-2/h10-13,20-24,33H,3-9,14-17H2,1-2H3,(H,30,35)(H,31,34)/t20?,21-,22+,23-,24?,28?/m1/s1. The Hall–Kier alpha value is -1.78. The Bertz CT molecular complexity index is 995. The molecule has 0 aromatic heterocycles. The Morgan fingerprint density at radius 2 is 1.89 bits per heavy atom. The summed E-state index contributed by atoms with van der Waals surface area (Å²) < 4.78 is 4.86. The molecular weight excluding hydrogens is 570 g/mol. The Morgan fingerprint density at radius 3 is 2.58 bits per heavy atom. The first-order chi connectivity index (χ1) is 18.4. The summed E-state index contributed by atoms with van der Waals surface area (Å²) in [5, 5.41) is 15.2. The quantitative estimate of drug-likeness (QED) is 0.218. The zero-order chi connectivity index (χ0) is 27.3. The highest BCUT2D eigenvalue weighted by molar-refractivity contribution is 9.09. The number of fused-ring (bicyclic) bond motifs is 1. The number of nitrogens with one attached hydrogen (secondary N) is 2. The van der Waals surface area contributed by atoms with Crippen molar-refractivity contribution in [2.75, 3.05) is 31.6 Å². The number of unbranched alkanes of at least 4 members (excludes halogenated alkanes) is 4. The minimum Gasteiger partial charge on any atom is -0.494 e. The molecular formula is C28H40BrN3O5S. The third-order valence-electron chi connectivity index (χ3n) is 7.91. The largest absolute Gasteiger partial charge is 0.494 e. The molecule has 1 aromatic rings. The van der Waals surface area contributed by atoms with Crippen molar-refractivity contribution in [3.05, 3.63) is 24.3 Å². The van der Waals surface area contributed by atoms with E-state index in [-0.39, 0.29) is 34.4 Å². The number of rotatable bonds is 14. The summed E-state index contributed by atoms with van der Waals surface area (Å²) in [6.07, 6.45) is 5.83. The van der Waals surface area contributed by atoms with Crippen LogP contribution in [0.3, 0.4) is 0 Å². The van der Waals surface area contributed by atoms with Gasteiger partial charge in [-0.15, -0.1) is 11.8 Å². The lowest BCUT2D eigenvalue weighted by molar-refractivity contribution is -0.139. The second kappa shape index (κ2) is 13.0. The molecule has 1 aromatic carbocycles. The molecule has 6 atom stereocenters. The van der Waals surface area contributed by atoms with E-state index in [2.05, 4.69) is 33.5 Å². The molecule has 3 fully saturated rings. The molecule has 3 aliphatic heterocycles. The number of anilines is 1. The van der Waals surface area contributed by atoms with Crippen molar-refractivity contribution in [3.8, 4) is 5.75 Å². The van der Waals surface area contributed by atoms with E-state index in [9.17, 15) is 19.5 Å². The van der Waals surface area contributed by atoms with Crippen molar-refractivity contribution in [1.29, 1.82) is 0 Å². The molecule has 210 valence electrons. The summed E-state index contributed by atoms with van der Waals surface area (Å²) in [6.45, 7) is 5.76. The third-order valence-corrected chi connectivity index (χ3v) is 11.1. The number of hydrogen-bond acceptors (Lipinski definition) is 6. The first-order valence-electron chi connectivity index (χ1n) is 13.9. The summed E-state index contributed by atoms with van der Waals surface area (Å²) >= 11 is 5.46. The average molecular weight is 611 g/mol.